The van der Waals surface area contributed by atoms with E-state index < -0.39 is 0 Å². The molecule has 4 rings (SSSR count). The lowest BCUT2D eigenvalue weighted by Gasteiger charge is -2.07. The van der Waals surface area contributed by atoms with Crippen LogP contribution in [0.5, 0.6) is 5.75 Å². The van der Waals surface area contributed by atoms with E-state index in [9.17, 15) is 4.79 Å². The summed E-state index contributed by atoms with van der Waals surface area (Å²) in [6, 6.07) is 19.6. The third kappa shape index (κ3) is 3.65. The van der Waals surface area contributed by atoms with E-state index in [1.165, 1.54) is 11.3 Å². The summed E-state index contributed by atoms with van der Waals surface area (Å²) in [7, 11) is 0. The number of nitrogens with zero attached hydrogens (tertiary/aromatic N) is 1. The first kappa shape index (κ1) is 16.1. The number of rotatable bonds is 4. The first-order valence-electron chi connectivity index (χ1n) is 7.65. The molecule has 0 bridgehead atoms. The second kappa shape index (κ2) is 6.82. The second-order valence-corrected chi connectivity index (χ2v) is 7.42. The summed E-state index contributed by atoms with van der Waals surface area (Å²) >= 11 is 4.87. The van der Waals surface area contributed by atoms with Gasteiger partial charge < -0.3 is 4.74 Å². The molecule has 1 heterocycles. The van der Waals surface area contributed by atoms with Crippen molar-refractivity contribution >= 4 is 59.3 Å². The normalized spacial score (nSPS) is 10.9. The van der Waals surface area contributed by atoms with E-state index in [2.05, 4.69) is 26.2 Å². The number of carbonyl (C=O) groups is 1. The van der Waals surface area contributed by atoms with Crippen molar-refractivity contribution in [3.05, 3.63) is 65.1 Å². The minimum absolute atomic E-state index is 0.0576. The lowest BCUT2D eigenvalue weighted by atomic mass is 10.1. The highest BCUT2D eigenvalue weighted by molar-refractivity contribution is 9.10. The van der Waals surface area contributed by atoms with Crippen molar-refractivity contribution in [3.8, 4) is 5.75 Å². The topological polar surface area (TPSA) is 51.2 Å². The summed E-state index contributed by atoms with van der Waals surface area (Å²) in [6.45, 7) is -0.0576. The molecule has 4 aromatic rings. The monoisotopic (exact) mass is 412 g/mol. The summed E-state index contributed by atoms with van der Waals surface area (Å²) in [4.78, 5) is 16.5. The Bertz CT molecular complexity index is 1080. The molecule has 0 radical (unpaired) electrons. The number of ether oxygens (including phenoxy) is 1. The van der Waals surface area contributed by atoms with Gasteiger partial charge in [0.05, 0.1) is 10.2 Å². The summed E-state index contributed by atoms with van der Waals surface area (Å²) in [6.07, 6.45) is 0. The van der Waals surface area contributed by atoms with Crippen molar-refractivity contribution < 1.29 is 9.53 Å². The predicted molar refractivity (Wildman–Crippen MR) is 105 cm³/mol. The van der Waals surface area contributed by atoms with E-state index in [0.717, 1.165) is 25.5 Å². The molecular weight excluding hydrogens is 400 g/mol. The minimum Gasteiger partial charge on any atom is -0.484 e. The fourth-order valence-corrected chi connectivity index (χ4v) is 3.95. The molecule has 0 aliphatic heterocycles. The molecule has 124 valence electrons. The van der Waals surface area contributed by atoms with Gasteiger partial charge in [-0.25, -0.2) is 4.98 Å². The maximum Gasteiger partial charge on any atom is 0.264 e. The van der Waals surface area contributed by atoms with E-state index in [4.69, 9.17) is 4.74 Å². The van der Waals surface area contributed by atoms with Crippen molar-refractivity contribution in [2.45, 2.75) is 0 Å². The zero-order valence-corrected chi connectivity index (χ0v) is 15.4. The van der Waals surface area contributed by atoms with Crippen LogP contribution >= 0.6 is 27.3 Å². The van der Waals surface area contributed by atoms with Gasteiger partial charge >= 0.3 is 0 Å². The summed E-state index contributed by atoms with van der Waals surface area (Å²) in [5, 5.41) is 5.58. The van der Waals surface area contributed by atoms with Crippen LogP contribution in [0.2, 0.25) is 0 Å². The molecule has 0 aliphatic rings. The van der Waals surface area contributed by atoms with E-state index in [0.29, 0.717) is 10.9 Å². The quantitative estimate of drug-likeness (QED) is 0.499. The van der Waals surface area contributed by atoms with Crippen LogP contribution in [0.15, 0.2) is 65.1 Å². The SMILES string of the molecule is O=C(COc1ccc2ccccc2c1)Nc1nc2ccc(Br)cc2s1. The van der Waals surface area contributed by atoms with Crippen molar-refractivity contribution in [1.82, 2.24) is 4.98 Å². The maximum absolute atomic E-state index is 12.1. The molecule has 0 aliphatic carbocycles. The Hall–Kier alpha value is -2.44. The minimum atomic E-state index is -0.230. The lowest BCUT2D eigenvalue weighted by Crippen LogP contribution is -2.19. The van der Waals surface area contributed by atoms with Crippen LogP contribution in [-0.2, 0) is 4.79 Å². The van der Waals surface area contributed by atoms with E-state index >= 15 is 0 Å². The van der Waals surface area contributed by atoms with Crippen molar-refractivity contribution in [3.63, 3.8) is 0 Å². The molecule has 3 aromatic carbocycles. The number of hydrogen-bond donors (Lipinski definition) is 1. The number of halogens is 1. The highest BCUT2D eigenvalue weighted by Crippen LogP contribution is 2.28. The van der Waals surface area contributed by atoms with Crippen LogP contribution in [0.3, 0.4) is 0 Å². The van der Waals surface area contributed by atoms with Gasteiger partial charge in [0.25, 0.3) is 5.91 Å². The molecule has 1 aromatic heterocycles. The van der Waals surface area contributed by atoms with E-state index in [1.54, 1.807) is 0 Å². The number of benzene rings is 3. The molecule has 6 heteroatoms. The zero-order valence-electron chi connectivity index (χ0n) is 13.0. The number of carbonyl (C=O) groups excluding carboxylic acids is 1. The zero-order chi connectivity index (χ0) is 17.2. The molecule has 1 N–H and O–H groups in total. The molecule has 0 fully saturated rings. The van der Waals surface area contributed by atoms with Crippen molar-refractivity contribution in [2.75, 3.05) is 11.9 Å². The van der Waals surface area contributed by atoms with Gasteiger partial charge in [0.2, 0.25) is 0 Å². The standard InChI is InChI=1S/C19H13BrN2O2S/c20-14-6-8-16-17(10-14)25-19(21-16)22-18(23)11-24-15-7-5-12-3-1-2-4-13(12)9-15/h1-10H,11H2,(H,21,22,23). The Morgan fingerprint density at radius 2 is 1.92 bits per heavy atom. The van der Waals surface area contributed by atoms with Crippen LogP contribution in [0.25, 0.3) is 21.0 Å². The first-order chi connectivity index (χ1) is 12.2. The summed E-state index contributed by atoms with van der Waals surface area (Å²) in [5.74, 6) is 0.438. The number of amides is 1. The summed E-state index contributed by atoms with van der Waals surface area (Å²) < 4.78 is 7.60. The number of hydrogen-bond acceptors (Lipinski definition) is 4. The fraction of sp³-hybridized carbons (Fsp3) is 0.0526. The van der Waals surface area contributed by atoms with E-state index in [-0.39, 0.29) is 12.5 Å². The van der Waals surface area contributed by atoms with Gasteiger partial charge in [-0.05, 0) is 41.1 Å². The third-order valence-corrected chi connectivity index (χ3v) is 5.11. The van der Waals surface area contributed by atoms with Crippen molar-refractivity contribution in [2.24, 2.45) is 0 Å². The Morgan fingerprint density at radius 3 is 2.80 bits per heavy atom. The Labute approximate surface area is 156 Å². The van der Waals surface area contributed by atoms with Gasteiger partial charge in [-0.1, -0.05) is 57.6 Å². The Balaban J connectivity index is 1.42. The molecule has 1 amide bonds. The Morgan fingerprint density at radius 1 is 1.08 bits per heavy atom. The first-order valence-corrected chi connectivity index (χ1v) is 9.26. The lowest BCUT2D eigenvalue weighted by molar-refractivity contribution is -0.118. The van der Waals surface area contributed by atoms with Gasteiger partial charge in [0, 0.05) is 4.47 Å². The van der Waals surface area contributed by atoms with Crippen LogP contribution < -0.4 is 10.1 Å². The smallest absolute Gasteiger partial charge is 0.264 e. The number of thiazole rings is 1. The molecule has 0 unspecified atom stereocenters. The highest BCUT2D eigenvalue weighted by atomic mass is 79.9. The number of nitrogens with one attached hydrogen (secondary N) is 1. The Kier molecular flexibility index (Phi) is 4.38. The molecule has 25 heavy (non-hydrogen) atoms. The largest absolute Gasteiger partial charge is 0.484 e. The van der Waals surface area contributed by atoms with Gasteiger partial charge in [0.15, 0.2) is 11.7 Å². The van der Waals surface area contributed by atoms with E-state index in [1.807, 2.05) is 60.7 Å². The van der Waals surface area contributed by atoms with Crippen LogP contribution in [-0.4, -0.2) is 17.5 Å². The maximum atomic E-state index is 12.1. The number of fused-ring (bicyclic) bond motifs is 2. The van der Waals surface area contributed by atoms with Gasteiger partial charge in [-0.15, -0.1) is 0 Å². The molecule has 0 atom stereocenters. The van der Waals surface area contributed by atoms with Gasteiger partial charge in [-0.3, -0.25) is 10.1 Å². The highest BCUT2D eigenvalue weighted by Gasteiger charge is 2.09. The van der Waals surface area contributed by atoms with Gasteiger partial charge in [0.1, 0.15) is 5.75 Å². The average molecular weight is 413 g/mol. The predicted octanol–water partition coefficient (Wildman–Crippen LogP) is 5.23. The molecule has 0 saturated carbocycles. The third-order valence-electron chi connectivity index (χ3n) is 3.69. The second-order valence-electron chi connectivity index (χ2n) is 5.48. The molecule has 0 spiro atoms. The molecule has 0 saturated heterocycles. The summed E-state index contributed by atoms with van der Waals surface area (Å²) in [5.41, 5.74) is 0.860. The number of anilines is 1. The van der Waals surface area contributed by atoms with Crippen LogP contribution in [0.1, 0.15) is 0 Å². The number of aromatic nitrogens is 1. The van der Waals surface area contributed by atoms with Crippen molar-refractivity contribution in [1.29, 1.82) is 0 Å². The molecular formula is C19H13BrN2O2S. The van der Waals surface area contributed by atoms with Crippen LogP contribution in [0.4, 0.5) is 5.13 Å². The average Bonchev–Trinajstić information content (AvgIpc) is 3.01. The fourth-order valence-electron chi connectivity index (χ4n) is 2.51. The van der Waals surface area contributed by atoms with Gasteiger partial charge in [-0.2, -0.15) is 0 Å². The van der Waals surface area contributed by atoms with Crippen LogP contribution in [0, 0.1) is 0 Å². The molecule has 4 nitrogen and oxygen atoms in total.